The third kappa shape index (κ3) is 6.53. The van der Waals surface area contributed by atoms with Gasteiger partial charge in [0, 0.05) is 17.0 Å². The van der Waals surface area contributed by atoms with E-state index < -0.39 is 5.91 Å². The van der Waals surface area contributed by atoms with E-state index in [9.17, 15) is 9.59 Å². The predicted octanol–water partition coefficient (Wildman–Crippen LogP) is 3.24. The summed E-state index contributed by atoms with van der Waals surface area (Å²) >= 11 is 0. The molecule has 0 aliphatic heterocycles. The van der Waals surface area contributed by atoms with E-state index in [1.165, 1.54) is 14.2 Å². The molecule has 2 rings (SSSR count). The van der Waals surface area contributed by atoms with Gasteiger partial charge in [-0.05, 0) is 56.3 Å². The van der Waals surface area contributed by atoms with Crippen molar-refractivity contribution >= 4 is 23.2 Å². The van der Waals surface area contributed by atoms with Gasteiger partial charge < -0.3 is 19.5 Å². The van der Waals surface area contributed by atoms with E-state index in [1.807, 2.05) is 6.92 Å². The number of nitrogens with zero attached hydrogens (tertiary/aromatic N) is 1. The highest BCUT2D eigenvalue weighted by Crippen LogP contribution is 2.27. The van der Waals surface area contributed by atoms with Gasteiger partial charge in [-0.25, -0.2) is 5.43 Å². The number of anilines is 1. The molecule has 8 heteroatoms. The van der Waals surface area contributed by atoms with Crippen molar-refractivity contribution in [2.45, 2.75) is 20.3 Å². The van der Waals surface area contributed by atoms with Gasteiger partial charge in [0.1, 0.15) is 5.75 Å². The summed E-state index contributed by atoms with van der Waals surface area (Å²) in [4.78, 5) is 24.4. The van der Waals surface area contributed by atoms with Crippen molar-refractivity contribution in [3.8, 4) is 17.2 Å². The Kier molecular flexibility index (Phi) is 8.02. The van der Waals surface area contributed by atoms with Crippen LogP contribution < -0.4 is 25.0 Å². The summed E-state index contributed by atoms with van der Waals surface area (Å²) in [6.45, 7) is 4.14. The van der Waals surface area contributed by atoms with Crippen molar-refractivity contribution in [1.29, 1.82) is 0 Å². The zero-order chi connectivity index (χ0) is 21.2. The summed E-state index contributed by atoms with van der Waals surface area (Å²) in [5.41, 5.74) is 3.91. The third-order valence-electron chi connectivity index (χ3n) is 3.86. The van der Waals surface area contributed by atoms with Crippen LogP contribution in [0, 0.1) is 0 Å². The number of hydrogen-bond donors (Lipinski definition) is 2. The highest BCUT2D eigenvalue weighted by Gasteiger charge is 2.11. The average Bonchev–Trinajstić information content (AvgIpc) is 2.73. The average molecular weight is 399 g/mol. The molecule has 0 aliphatic carbocycles. The van der Waals surface area contributed by atoms with Crippen LogP contribution in [0.25, 0.3) is 0 Å². The number of ether oxygens (including phenoxy) is 3. The van der Waals surface area contributed by atoms with Crippen LogP contribution in [0.15, 0.2) is 47.6 Å². The van der Waals surface area contributed by atoms with Gasteiger partial charge in [0.2, 0.25) is 5.91 Å². The minimum atomic E-state index is -0.419. The summed E-state index contributed by atoms with van der Waals surface area (Å²) < 4.78 is 15.7. The maximum absolute atomic E-state index is 12.3. The monoisotopic (exact) mass is 399 g/mol. The van der Waals surface area contributed by atoms with Crippen LogP contribution in [0.4, 0.5) is 5.69 Å². The number of hydrogen-bond acceptors (Lipinski definition) is 6. The van der Waals surface area contributed by atoms with Crippen LogP contribution in [0.1, 0.15) is 30.6 Å². The van der Waals surface area contributed by atoms with Gasteiger partial charge in [0.15, 0.2) is 11.5 Å². The zero-order valence-electron chi connectivity index (χ0n) is 16.9. The summed E-state index contributed by atoms with van der Waals surface area (Å²) in [5, 5.41) is 6.75. The van der Waals surface area contributed by atoms with E-state index in [4.69, 9.17) is 14.2 Å². The Hall–Kier alpha value is -3.55. The minimum Gasteiger partial charge on any atom is -0.494 e. The SMILES string of the molecule is CCOc1ccc(NC(=O)CC(C)=NNC(=O)c2ccc(OC)c(OC)c2)cc1. The molecule has 0 atom stereocenters. The Morgan fingerprint density at radius 2 is 1.69 bits per heavy atom. The molecule has 0 aromatic heterocycles. The Bertz CT molecular complexity index is 878. The maximum Gasteiger partial charge on any atom is 0.271 e. The summed E-state index contributed by atoms with van der Waals surface area (Å²) in [7, 11) is 3.01. The first-order valence-electron chi connectivity index (χ1n) is 9.05. The Morgan fingerprint density at radius 1 is 1.00 bits per heavy atom. The second kappa shape index (κ2) is 10.7. The first kappa shape index (κ1) is 21.7. The molecule has 0 saturated heterocycles. The molecule has 2 N–H and O–H groups in total. The van der Waals surface area contributed by atoms with Gasteiger partial charge >= 0.3 is 0 Å². The molecule has 154 valence electrons. The second-order valence-corrected chi connectivity index (χ2v) is 6.04. The Labute approximate surface area is 169 Å². The summed E-state index contributed by atoms with van der Waals surface area (Å²) in [6.07, 6.45) is 0.0411. The molecule has 0 aliphatic rings. The number of hydrazone groups is 1. The van der Waals surface area contributed by atoms with Gasteiger partial charge in [-0.3, -0.25) is 9.59 Å². The summed E-state index contributed by atoms with van der Waals surface area (Å²) in [5.74, 6) is 1.04. The van der Waals surface area contributed by atoms with Gasteiger partial charge in [-0.2, -0.15) is 5.10 Å². The lowest BCUT2D eigenvalue weighted by molar-refractivity contribution is -0.115. The molecule has 0 saturated carbocycles. The largest absolute Gasteiger partial charge is 0.494 e. The number of nitrogens with one attached hydrogen (secondary N) is 2. The smallest absolute Gasteiger partial charge is 0.271 e. The molecule has 0 bridgehead atoms. The lowest BCUT2D eigenvalue weighted by Crippen LogP contribution is -2.21. The van der Waals surface area contributed by atoms with Crippen molar-refractivity contribution in [2.24, 2.45) is 5.10 Å². The fourth-order valence-electron chi connectivity index (χ4n) is 2.47. The number of benzene rings is 2. The molecule has 2 amide bonds. The van der Waals surface area contributed by atoms with Gasteiger partial charge in [0.05, 0.1) is 27.2 Å². The molecular formula is C21H25N3O5. The highest BCUT2D eigenvalue weighted by atomic mass is 16.5. The van der Waals surface area contributed by atoms with E-state index in [0.29, 0.717) is 35.1 Å². The van der Waals surface area contributed by atoms with Crippen molar-refractivity contribution in [3.63, 3.8) is 0 Å². The molecule has 0 radical (unpaired) electrons. The van der Waals surface area contributed by atoms with E-state index >= 15 is 0 Å². The molecule has 0 unspecified atom stereocenters. The van der Waals surface area contributed by atoms with Crippen molar-refractivity contribution in [1.82, 2.24) is 5.43 Å². The fraction of sp³-hybridized carbons (Fsp3) is 0.286. The molecular weight excluding hydrogens is 374 g/mol. The third-order valence-corrected chi connectivity index (χ3v) is 3.86. The van der Waals surface area contributed by atoms with E-state index in [1.54, 1.807) is 49.4 Å². The standard InChI is InChI=1S/C21H25N3O5/c1-5-29-17-9-7-16(8-10-17)22-20(25)12-14(2)23-24-21(26)15-6-11-18(27-3)19(13-15)28-4/h6-11,13H,5,12H2,1-4H3,(H,22,25)(H,24,26). The number of carbonyl (C=O) groups is 2. The number of carbonyl (C=O) groups excluding carboxylic acids is 2. The Morgan fingerprint density at radius 3 is 2.31 bits per heavy atom. The van der Waals surface area contributed by atoms with E-state index in [0.717, 1.165) is 5.75 Å². The lowest BCUT2D eigenvalue weighted by atomic mass is 10.2. The van der Waals surface area contributed by atoms with Gasteiger partial charge in [-0.15, -0.1) is 0 Å². The highest BCUT2D eigenvalue weighted by molar-refractivity contribution is 6.06. The van der Waals surface area contributed by atoms with Crippen molar-refractivity contribution in [3.05, 3.63) is 48.0 Å². The first-order valence-corrected chi connectivity index (χ1v) is 9.05. The van der Waals surface area contributed by atoms with E-state index in [2.05, 4.69) is 15.8 Å². The topological polar surface area (TPSA) is 98.2 Å². The first-order chi connectivity index (χ1) is 14.0. The van der Waals surface area contributed by atoms with Crippen LogP contribution >= 0.6 is 0 Å². The van der Waals surface area contributed by atoms with Crippen molar-refractivity contribution < 1.29 is 23.8 Å². The molecule has 29 heavy (non-hydrogen) atoms. The van der Waals surface area contributed by atoms with Crippen molar-refractivity contribution in [2.75, 3.05) is 26.1 Å². The van der Waals surface area contributed by atoms with Crippen LogP contribution in [-0.2, 0) is 4.79 Å². The van der Waals surface area contributed by atoms with Crippen LogP contribution in [0.5, 0.6) is 17.2 Å². The molecule has 2 aromatic carbocycles. The number of methoxy groups -OCH3 is 2. The number of amides is 2. The minimum absolute atomic E-state index is 0.0411. The fourth-order valence-corrected chi connectivity index (χ4v) is 2.47. The predicted molar refractivity (Wildman–Crippen MR) is 111 cm³/mol. The molecule has 2 aromatic rings. The summed E-state index contributed by atoms with van der Waals surface area (Å²) in [6, 6.07) is 11.9. The van der Waals surface area contributed by atoms with Crippen LogP contribution in [0.2, 0.25) is 0 Å². The quantitative estimate of drug-likeness (QED) is 0.498. The number of rotatable bonds is 9. The van der Waals surface area contributed by atoms with Crippen LogP contribution in [-0.4, -0.2) is 38.4 Å². The van der Waals surface area contributed by atoms with Gasteiger partial charge in [0.25, 0.3) is 5.91 Å². The second-order valence-electron chi connectivity index (χ2n) is 6.04. The zero-order valence-corrected chi connectivity index (χ0v) is 16.9. The molecule has 0 spiro atoms. The lowest BCUT2D eigenvalue weighted by Gasteiger charge is -2.09. The van der Waals surface area contributed by atoms with Gasteiger partial charge in [-0.1, -0.05) is 0 Å². The maximum atomic E-state index is 12.3. The molecule has 8 nitrogen and oxygen atoms in total. The molecule has 0 fully saturated rings. The normalized spacial score (nSPS) is 10.8. The molecule has 0 heterocycles. The Balaban J connectivity index is 1.90. The van der Waals surface area contributed by atoms with E-state index in [-0.39, 0.29) is 12.3 Å². The van der Waals surface area contributed by atoms with Crippen LogP contribution in [0.3, 0.4) is 0 Å².